The molecule has 15 heavy (non-hydrogen) atoms. The number of nitrogens with zero attached hydrogens (tertiary/aromatic N) is 1. The summed E-state index contributed by atoms with van der Waals surface area (Å²) in [6.07, 6.45) is -1.90. The van der Waals surface area contributed by atoms with Gasteiger partial charge in [-0.05, 0) is 12.1 Å². The number of anilines is 1. The normalized spacial score (nSPS) is 11.1. The minimum Gasteiger partial charge on any atom is -0.465 e. The first-order chi connectivity index (χ1) is 6.99. The van der Waals surface area contributed by atoms with Crippen LogP contribution in [0.5, 0.6) is 0 Å². The maximum atomic E-state index is 12.9. The van der Waals surface area contributed by atoms with Crippen molar-refractivity contribution in [3.8, 4) is 0 Å². The van der Waals surface area contributed by atoms with Gasteiger partial charge >= 0.3 is 12.1 Å². The number of hydrogen-bond acceptors (Lipinski definition) is 1. The molecule has 0 heterocycles. The summed E-state index contributed by atoms with van der Waals surface area (Å²) < 4.78 is 37.9. The first-order valence-corrected chi connectivity index (χ1v) is 4.01. The second-order valence-corrected chi connectivity index (χ2v) is 2.75. The Kier molecular flexibility index (Phi) is 3.18. The van der Waals surface area contributed by atoms with Crippen molar-refractivity contribution in [2.45, 2.75) is 6.05 Å². The Morgan fingerprint density at radius 2 is 1.87 bits per heavy atom. The third-order valence-electron chi connectivity index (χ3n) is 1.69. The number of carboxylic acid groups (broad SMARTS) is 1. The zero-order valence-corrected chi connectivity index (χ0v) is 7.53. The van der Waals surface area contributed by atoms with E-state index < -0.39 is 18.8 Å². The van der Waals surface area contributed by atoms with Crippen LogP contribution in [0.1, 0.15) is 0 Å². The van der Waals surface area contributed by atoms with Gasteiger partial charge in [-0.2, -0.15) is 8.78 Å². The smallest absolute Gasteiger partial charge is 0.416 e. The molecule has 1 amide bonds. The van der Waals surface area contributed by atoms with Crippen molar-refractivity contribution in [1.82, 2.24) is 0 Å². The number of hydrogen-bond donors (Lipinski definition) is 1. The van der Waals surface area contributed by atoms with Gasteiger partial charge < -0.3 is 5.11 Å². The minimum atomic E-state index is -4.05. The van der Waals surface area contributed by atoms with Crippen molar-refractivity contribution in [3.63, 3.8) is 0 Å². The molecule has 82 valence electrons. The molecule has 0 atom stereocenters. The van der Waals surface area contributed by atoms with E-state index in [-0.39, 0.29) is 10.6 Å². The highest BCUT2D eigenvalue weighted by Crippen LogP contribution is 2.27. The van der Waals surface area contributed by atoms with Gasteiger partial charge in [-0.3, -0.25) is 0 Å². The minimum absolute atomic E-state index is 0.271. The summed E-state index contributed by atoms with van der Waals surface area (Å²) in [5, 5.41) is 8.57. The third-order valence-corrected chi connectivity index (χ3v) is 1.69. The van der Waals surface area contributed by atoms with Crippen molar-refractivity contribution in [2.24, 2.45) is 0 Å². The zero-order chi connectivity index (χ0) is 11.5. The van der Waals surface area contributed by atoms with E-state index in [0.717, 1.165) is 12.1 Å². The number of benzene rings is 1. The summed E-state index contributed by atoms with van der Waals surface area (Å²) in [7, 11) is 0. The maximum Gasteiger partial charge on any atom is 0.416 e. The fourth-order valence-corrected chi connectivity index (χ4v) is 1.08. The lowest BCUT2D eigenvalue weighted by molar-refractivity contribution is -0.0213. The SMILES string of the molecule is O=C(O)N(c1ccccc1)C(F)(F)CF. The second-order valence-electron chi connectivity index (χ2n) is 2.75. The molecule has 0 aromatic heterocycles. The van der Waals surface area contributed by atoms with Crippen LogP contribution in [0.4, 0.5) is 23.7 Å². The first kappa shape index (κ1) is 11.4. The highest BCUT2D eigenvalue weighted by atomic mass is 19.3. The molecule has 0 radical (unpaired) electrons. The number of halogens is 3. The number of rotatable bonds is 3. The monoisotopic (exact) mass is 219 g/mol. The van der Waals surface area contributed by atoms with Crippen LogP contribution in [0, 0.1) is 0 Å². The fraction of sp³-hybridized carbons (Fsp3) is 0.222. The van der Waals surface area contributed by atoms with Gasteiger partial charge in [-0.25, -0.2) is 14.1 Å². The Labute approximate surface area is 83.7 Å². The van der Waals surface area contributed by atoms with Crippen LogP contribution < -0.4 is 4.90 Å². The van der Waals surface area contributed by atoms with E-state index in [9.17, 15) is 18.0 Å². The largest absolute Gasteiger partial charge is 0.465 e. The van der Waals surface area contributed by atoms with E-state index in [1.165, 1.54) is 18.2 Å². The van der Waals surface area contributed by atoms with E-state index >= 15 is 0 Å². The van der Waals surface area contributed by atoms with Gasteiger partial charge in [0, 0.05) is 0 Å². The van der Waals surface area contributed by atoms with Crippen LogP contribution >= 0.6 is 0 Å². The van der Waals surface area contributed by atoms with E-state index in [0.29, 0.717) is 0 Å². The molecule has 0 aliphatic rings. The van der Waals surface area contributed by atoms with E-state index in [1.54, 1.807) is 0 Å². The predicted molar refractivity (Wildman–Crippen MR) is 47.9 cm³/mol. The average Bonchev–Trinajstić information content (AvgIpc) is 2.18. The van der Waals surface area contributed by atoms with Crippen LogP contribution in [0.3, 0.4) is 0 Å². The van der Waals surface area contributed by atoms with Gasteiger partial charge in [0.1, 0.15) is 0 Å². The summed E-state index contributed by atoms with van der Waals surface area (Å²) in [6, 6.07) is 2.60. The molecular formula is C9H8F3NO2. The predicted octanol–water partition coefficient (Wildman–Crippen LogP) is 2.73. The molecule has 0 bridgehead atoms. The number of amides is 1. The van der Waals surface area contributed by atoms with Crippen LogP contribution in [0.25, 0.3) is 0 Å². The first-order valence-electron chi connectivity index (χ1n) is 4.01. The Morgan fingerprint density at radius 3 is 2.27 bits per heavy atom. The lowest BCUT2D eigenvalue weighted by Gasteiger charge is -2.26. The summed E-state index contributed by atoms with van der Waals surface area (Å²) in [5.41, 5.74) is -0.271. The molecular weight excluding hydrogens is 211 g/mol. The van der Waals surface area contributed by atoms with Crippen molar-refractivity contribution in [3.05, 3.63) is 30.3 Å². The molecule has 1 N–H and O–H groups in total. The highest BCUT2D eigenvalue weighted by molar-refractivity contribution is 5.86. The second kappa shape index (κ2) is 4.20. The molecule has 6 heteroatoms. The summed E-state index contributed by atoms with van der Waals surface area (Å²) in [6.45, 7) is -2.06. The standard InChI is InChI=1S/C9H8F3NO2/c10-6-9(11,12)13(8(14)15)7-4-2-1-3-5-7/h1-5H,6H2,(H,14,15). The molecule has 1 aromatic carbocycles. The summed E-state index contributed by atoms with van der Waals surface area (Å²) in [5.74, 6) is 0. The fourth-order valence-electron chi connectivity index (χ4n) is 1.08. The Bertz CT molecular complexity index is 342. The lowest BCUT2D eigenvalue weighted by Crippen LogP contribution is -2.47. The summed E-state index contributed by atoms with van der Waals surface area (Å²) in [4.78, 5) is 10.3. The Morgan fingerprint density at radius 1 is 1.33 bits per heavy atom. The van der Waals surface area contributed by atoms with Crippen molar-refractivity contribution >= 4 is 11.8 Å². The molecule has 0 aliphatic heterocycles. The molecule has 0 spiro atoms. The van der Waals surface area contributed by atoms with E-state index in [4.69, 9.17) is 5.11 Å². The zero-order valence-electron chi connectivity index (χ0n) is 7.53. The average molecular weight is 219 g/mol. The van der Waals surface area contributed by atoms with Gasteiger partial charge in [0.25, 0.3) is 0 Å². The van der Waals surface area contributed by atoms with Crippen LogP contribution in [0.15, 0.2) is 30.3 Å². The van der Waals surface area contributed by atoms with Gasteiger partial charge in [0.05, 0.1) is 5.69 Å². The highest BCUT2D eigenvalue weighted by Gasteiger charge is 2.42. The molecule has 3 nitrogen and oxygen atoms in total. The molecule has 1 aromatic rings. The van der Waals surface area contributed by atoms with Gasteiger partial charge in [0.2, 0.25) is 0 Å². The third kappa shape index (κ3) is 2.39. The van der Waals surface area contributed by atoms with Gasteiger partial charge in [-0.15, -0.1) is 0 Å². The Hall–Kier alpha value is -1.72. The maximum absolute atomic E-state index is 12.9. The number of carbonyl (C=O) groups is 1. The molecule has 0 saturated heterocycles. The van der Waals surface area contributed by atoms with Gasteiger partial charge in [0.15, 0.2) is 6.67 Å². The van der Waals surface area contributed by atoms with Crippen LogP contribution in [0.2, 0.25) is 0 Å². The van der Waals surface area contributed by atoms with Crippen LogP contribution in [-0.2, 0) is 0 Å². The van der Waals surface area contributed by atoms with Gasteiger partial charge in [-0.1, -0.05) is 18.2 Å². The van der Waals surface area contributed by atoms with Crippen LogP contribution in [-0.4, -0.2) is 23.9 Å². The lowest BCUT2D eigenvalue weighted by atomic mass is 10.3. The molecule has 0 fully saturated rings. The summed E-state index contributed by atoms with van der Waals surface area (Å²) >= 11 is 0. The quantitative estimate of drug-likeness (QED) is 0.794. The number of alkyl halides is 3. The van der Waals surface area contributed by atoms with Crippen molar-refractivity contribution < 1.29 is 23.1 Å². The molecule has 1 rings (SSSR count). The van der Waals surface area contributed by atoms with Crippen molar-refractivity contribution in [2.75, 3.05) is 11.6 Å². The number of para-hydroxylation sites is 1. The Balaban J connectivity index is 3.10. The van der Waals surface area contributed by atoms with Crippen molar-refractivity contribution in [1.29, 1.82) is 0 Å². The van der Waals surface area contributed by atoms with E-state index in [2.05, 4.69) is 0 Å². The molecule has 0 aliphatic carbocycles. The topological polar surface area (TPSA) is 40.5 Å². The molecule has 0 unspecified atom stereocenters. The van der Waals surface area contributed by atoms with E-state index in [1.807, 2.05) is 0 Å². The molecule has 0 saturated carbocycles.